The molecule has 0 heterocycles. The lowest BCUT2D eigenvalue weighted by Gasteiger charge is -2.49. The van der Waals surface area contributed by atoms with Gasteiger partial charge in [0.1, 0.15) is 6.54 Å². The minimum absolute atomic E-state index is 0.0527. The maximum absolute atomic E-state index is 12.5. The molecule has 0 spiro atoms. The number of carboxylic acid groups (broad SMARTS) is 1. The number of hydrogen-bond acceptors (Lipinski definition) is 3. The van der Waals surface area contributed by atoms with Crippen LogP contribution in [0, 0.1) is 5.92 Å². The van der Waals surface area contributed by atoms with Crippen molar-refractivity contribution in [1.29, 1.82) is 0 Å². The molecule has 0 saturated heterocycles. The molecule has 6 nitrogen and oxygen atoms in total. The summed E-state index contributed by atoms with van der Waals surface area (Å²) < 4.78 is 0. The zero-order chi connectivity index (χ0) is 16.2. The fraction of sp³-hybridized carbons (Fsp3) is 0.867. The zero-order valence-electron chi connectivity index (χ0n) is 13.9. The second-order valence-electron chi connectivity index (χ2n) is 6.78. The fourth-order valence-corrected chi connectivity index (χ4v) is 2.90. The van der Waals surface area contributed by atoms with E-state index in [4.69, 9.17) is 5.11 Å². The Labute approximate surface area is 127 Å². The van der Waals surface area contributed by atoms with Crippen molar-refractivity contribution in [3.05, 3.63) is 0 Å². The molecule has 0 unspecified atom stereocenters. The third-order valence-corrected chi connectivity index (χ3v) is 4.27. The molecule has 0 bridgehead atoms. The molecule has 1 fully saturated rings. The van der Waals surface area contributed by atoms with Gasteiger partial charge in [-0.25, -0.2) is 4.79 Å². The smallest absolute Gasteiger partial charge is 0.323 e. The average molecular weight is 299 g/mol. The highest BCUT2D eigenvalue weighted by atomic mass is 16.4. The second kappa shape index (κ2) is 7.11. The van der Waals surface area contributed by atoms with E-state index >= 15 is 0 Å². The number of aliphatic carboxylic acids is 1. The van der Waals surface area contributed by atoms with Crippen LogP contribution in [0.5, 0.6) is 0 Å². The molecule has 1 aliphatic rings. The Balaban J connectivity index is 2.70. The number of rotatable bonds is 7. The van der Waals surface area contributed by atoms with Crippen LogP contribution in [-0.4, -0.2) is 78.1 Å². The van der Waals surface area contributed by atoms with E-state index in [1.54, 1.807) is 11.9 Å². The number of nitrogens with zero attached hydrogens (tertiary/aromatic N) is 3. The minimum Gasteiger partial charge on any atom is -0.480 e. The summed E-state index contributed by atoms with van der Waals surface area (Å²) in [7, 11) is 5.85. The van der Waals surface area contributed by atoms with Crippen molar-refractivity contribution in [2.45, 2.75) is 38.6 Å². The lowest BCUT2D eigenvalue weighted by Crippen LogP contribution is -2.59. The molecule has 1 saturated carbocycles. The number of hydrogen-bond donors (Lipinski definition) is 1. The molecule has 0 aliphatic heterocycles. The largest absolute Gasteiger partial charge is 0.480 e. The fourth-order valence-electron chi connectivity index (χ4n) is 2.90. The summed E-state index contributed by atoms with van der Waals surface area (Å²) in [5, 5.41) is 8.98. The molecule has 6 heteroatoms. The summed E-state index contributed by atoms with van der Waals surface area (Å²) in [5.41, 5.74) is 0.0527. The predicted octanol–water partition coefficient (Wildman–Crippen LogP) is 1.57. The van der Waals surface area contributed by atoms with E-state index in [9.17, 15) is 9.59 Å². The maximum atomic E-state index is 12.5. The van der Waals surface area contributed by atoms with Gasteiger partial charge in [-0.05, 0) is 39.3 Å². The molecule has 0 atom stereocenters. The highest BCUT2D eigenvalue weighted by Gasteiger charge is 2.41. The quantitative estimate of drug-likeness (QED) is 0.775. The van der Waals surface area contributed by atoms with Gasteiger partial charge < -0.3 is 19.8 Å². The van der Waals surface area contributed by atoms with Gasteiger partial charge >= 0.3 is 12.0 Å². The zero-order valence-corrected chi connectivity index (χ0v) is 13.9. The van der Waals surface area contributed by atoms with Crippen molar-refractivity contribution in [2.24, 2.45) is 5.92 Å². The highest BCUT2D eigenvalue weighted by Crippen LogP contribution is 2.36. The molecule has 0 aromatic heterocycles. The molecule has 1 aliphatic carbocycles. The summed E-state index contributed by atoms with van der Waals surface area (Å²) >= 11 is 0. The topological polar surface area (TPSA) is 64.1 Å². The van der Waals surface area contributed by atoms with Crippen LogP contribution >= 0.6 is 0 Å². The summed E-state index contributed by atoms with van der Waals surface area (Å²) in [6.45, 7) is 4.83. The van der Waals surface area contributed by atoms with Crippen LogP contribution in [-0.2, 0) is 4.79 Å². The predicted molar refractivity (Wildman–Crippen MR) is 82.3 cm³/mol. The highest BCUT2D eigenvalue weighted by molar-refractivity contribution is 5.80. The van der Waals surface area contributed by atoms with Crippen molar-refractivity contribution in [2.75, 3.05) is 40.8 Å². The summed E-state index contributed by atoms with van der Waals surface area (Å²) in [5.74, 6) is -0.725. The Bertz CT molecular complexity index is 378. The molecule has 0 radical (unpaired) electrons. The van der Waals surface area contributed by atoms with Gasteiger partial charge in [0, 0.05) is 25.7 Å². The third kappa shape index (κ3) is 4.59. The van der Waals surface area contributed by atoms with Gasteiger partial charge in [-0.15, -0.1) is 0 Å². The maximum Gasteiger partial charge on any atom is 0.323 e. The molecular weight excluding hydrogens is 270 g/mol. The Hall–Kier alpha value is -1.30. The Kier molecular flexibility index (Phi) is 6.01. The number of carbonyl (C=O) groups excluding carboxylic acids is 1. The third-order valence-electron chi connectivity index (χ3n) is 4.27. The van der Waals surface area contributed by atoms with Crippen LogP contribution in [0.4, 0.5) is 4.79 Å². The van der Waals surface area contributed by atoms with Crippen LogP contribution in [0.15, 0.2) is 0 Å². The van der Waals surface area contributed by atoms with Crippen LogP contribution in [0.3, 0.4) is 0 Å². The van der Waals surface area contributed by atoms with Crippen LogP contribution in [0.1, 0.15) is 33.1 Å². The second-order valence-corrected chi connectivity index (χ2v) is 6.78. The van der Waals surface area contributed by atoms with Gasteiger partial charge in [-0.2, -0.15) is 0 Å². The summed E-state index contributed by atoms with van der Waals surface area (Å²) in [4.78, 5) is 28.8. The van der Waals surface area contributed by atoms with E-state index < -0.39 is 5.97 Å². The van der Waals surface area contributed by atoms with E-state index in [1.165, 1.54) is 11.3 Å². The Morgan fingerprint density at radius 3 is 2.10 bits per heavy atom. The number of amides is 2. The van der Waals surface area contributed by atoms with E-state index in [2.05, 4.69) is 4.90 Å². The first kappa shape index (κ1) is 17.8. The van der Waals surface area contributed by atoms with Gasteiger partial charge in [0.2, 0.25) is 0 Å². The standard InChI is InChI=1S/C15H29N3O3/c1-12(2)9-18(10-13(19)20)14(21)17(5)11-15(16(3)4)7-6-8-15/h12H,6-11H2,1-5H3,(H,19,20). The molecule has 1 rings (SSSR count). The average Bonchev–Trinajstić information content (AvgIpc) is 2.29. The minimum atomic E-state index is -0.969. The van der Waals surface area contributed by atoms with Crippen molar-refractivity contribution in [3.63, 3.8) is 0 Å². The molecule has 21 heavy (non-hydrogen) atoms. The van der Waals surface area contributed by atoms with Crippen LogP contribution in [0.25, 0.3) is 0 Å². The number of urea groups is 1. The van der Waals surface area contributed by atoms with E-state index in [1.807, 2.05) is 27.9 Å². The molecular formula is C15H29N3O3. The first-order valence-corrected chi connectivity index (χ1v) is 7.57. The summed E-state index contributed by atoms with van der Waals surface area (Å²) in [6.07, 6.45) is 3.35. The van der Waals surface area contributed by atoms with E-state index in [0.29, 0.717) is 13.1 Å². The monoisotopic (exact) mass is 299 g/mol. The van der Waals surface area contributed by atoms with Crippen LogP contribution in [0.2, 0.25) is 0 Å². The molecule has 1 N–H and O–H groups in total. The Morgan fingerprint density at radius 1 is 1.19 bits per heavy atom. The molecule has 2 amide bonds. The van der Waals surface area contributed by atoms with Gasteiger partial charge in [0.05, 0.1) is 0 Å². The number of carbonyl (C=O) groups is 2. The number of carboxylic acids is 1. The SMILES string of the molecule is CC(C)CN(CC(=O)O)C(=O)N(C)CC1(N(C)C)CCC1. The Morgan fingerprint density at radius 2 is 1.76 bits per heavy atom. The summed E-state index contributed by atoms with van der Waals surface area (Å²) in [6, 6.07) is -0.195. The first-order valence-electron chi connectivity index (χ1n) is 7.57. The molecule has 0 aromatic rings. The lowest BCUT2D eigenvalue weighted by atomic mass is 9.75. The van der Waals surface area contributed by atoms with Crippen molar-refractivity contribution in [3.8, 4) is 0 Å². The molecule has 0 aromatic carbocycles. The van der Waals surface area contributed by atoms with E-state index in [-0.39, 0.29) is 24.0 Å². The van der Waals surface area contributed by atoms with E-state index in [0.717, 1.165) is 12.8 Å². The molecule has 122 valence electrons. The van der Waals surface area contributed by atoms with Crippen LogP contribution < -0.4 is 0 Å². The first-order chi connectivity index (χ1) is 9.68. The van der Waals surface area contributed by atoms with Gasteiger partial charge in [-0.1, -0.05) is 13.8 Å². The normalized spacial score (nSPS) is 16.7. The van der Waals surface area contributed by atoms with Gasteiger partial charge in [0.15, 0.2) is 0 Å². The van der Waals surface area contributed by atoms with Gasteiger partial charge in [0.25, 0.3) is 0 Å². The number of likely N-dealkylation sites (N-methyl/N-ethyl adjacent to an activating group) is 2. The van der Waals surface area contributed by atoms with Crippen molar-refractivity contribution < 1.29 is 14.7 Å². The van der Waals surface area contributed by atoms with Gasteiger partial charge in [-0.3, -0.25) is 4.79 Å². The lowest BCUT2D eigenvalue weighted by molar-refractivity contribution is -0.137. The van der Waals surface area contributed by atoms with Crippen molar-refractivity contribution in [1.82, 2.24) is 14.7 Å². The van der Waals surface area contributed by atoms with Crippen molar-refractivity contribution >= 4 is 12.0 Å².